The van der Waals surface area contributed by atoms with Crippen LogP contribution >= 0.6 is 0 Å². The number of hydrogen-bond acceptors (Lipinski definition) is 3. The number of aliphatic carboxylic acids is 1. The number of carboxylic acids is 1. The van der Waals surface area contributed by atoms with E-state index in [0.29, 0.717) is 26.1 Å². The maximum absolute atomic E-state index is 12.4. The normalized spacial score (nSPS) is 22.6. The lowest BCUT2D eigenvalue weighted by atomic mass is 10.2. The molecule has 0 saturated carbocycles. The number of urea groups is 1. The minimum Gasteiger partial charge on any atom is -0.480 e. The first-order chi connectivity index (χ1) is 9.04. The standard InChI is InChI=1S/C13H24N2O4/c1-4-6-14(7-5-2)13(18)15-9-10(19-3)8-11(15)12(16)17/h10-11H,4-9H2,1-3H3,(H,16,17). The van der Waals surface area contributed by atoms with Crippen LogP contribution in [-0.2, 0) is 9.53 Å². The highest BCUT2D eigenvalue weighted by atomic mass is 16.5. The van der Waals surface area contributed by atoms with Gasteiger partial charge in [0, 0.05) is 33.2 Å². The van der Waals surface area contributed by atoms with Crippen molar-refractivity contribution >= 4 is 12.0 Å². The van der Waals surface area contributed by atoms with E-state index < -0.39 is 12.0 Å². The molecule has 0 spiro atoms. The van der Waals surface area contributed by atoms with Crippen LogP contribution in [0.4, 0.5) is 4.79 Å². The Labute approximate surface area is 114 Å². The zero-order valence-electron chi connectivity index (χ0n) is 12.0. The lowest BCUT2D eigenvalue weighted by Crippen LogP contribution is -2.48. The van der Waals surface area contributed by atoms with Crippen LogP contribution < -0.4 is 0 Å². The first-order valence-electron chi connectivity index (χ1n) is 6.86. The molecule has 0 aromatic carbocycles. The van der Waals surface area contributed by atoms with Crippen molar-refractivity contribution in [2.75, 3.05) is 26.7 Å². The van der Waals surface area contributed by atoms with Crippen LogP contribution in [0, 0.1) is 0 Å². The smallest absolute Gasteiger partial charge is 0.326 e. The molecule has 6 nitrogen and oxygen atoms in total. The third-order valence-corrected chi connectivity index (χ3v) is 3.38. The minimum atomic E-state index is -0.958. The van der Waals surface area contributed by atoms with E-state index in [-0.39, 0.29) is 12.1 Å². The summed E-state index contributed by atoms with van der Waals surface area (Å²) < 4.78 is 5.20. The second-order valence-electron chi connectivity index (χ2n) is 4.87. The highest BCUT2D eigenvalue weighted by Crippen LogP contribution is 2.22. The summed E-state index contributed by atoms with van der Waals surface area (Å²) in [6, 6.07) is -0.954. The molecule has 2 amide bonds. The van der Waals surface area contributed by atoms with E-state index in [0.717, 1.165) is 12.8 Å². The van der Waals surface area contributed by atoms with Gasteiger partial charge in [-0.05, 0) is 12.8 Å². The zero-order valence-corrected chi connectivity index (χ0v) is 12.0. The van der Waals surface area contributed by atoms with E-state index in [4.69, 9.17) is 4.74 Å². The minimum absolute atomic E-state index is 0.185. The van der Waals surface area contributed by atoms with E-state index in [1.807, 2.05) is 13.8 Å². The third-order valence-electron chi connectivity index (χ3n) is 3.38. The number of rotatable bonds is 6. The van der Waals surface area contributed by atoms with Gasteiger partial charge < -0.3 is 19.6 Å². The van der Waals surface area contributed by atoms with Gasteiger partial charge in [0.2, 0.25) is 0 Å². The van der Waals surface area contributed by atoms with Crippen molar-refractivity contribution in [3.63, 3.8) is 0 Å². The Balaban J connectivity index is 2.79. The fraction of sp³-hybridized carbons (Fsp3) is 0.846. The first-order valence-corrected chi connectivity index (χ1v) is 6.86. The van der Waals surface area contributed by atoms with Crippen LogP contribution in [0.15, 0.2) is 0 Å². The summed E-state index contributed by atoms with van der Waals surface area (Å²) in [4.78, 5) is 26.8. The van der Waals surface area contributed by atoms with E-state index in [2.05, 4.69) is 0 Å². The molecule has 1 aliphatic heterocycles. The number of carboxylic acid groups (broad SMARTS) is 1. The van der Waals surface area contributed by atoms with Crippen LogP contribution in [0.25, 0.3) is 0 Å². The summed E-state index contributed by atoms with van der Waals surface area (Å²) >= 11 is 0. The molecule has 0 bridgehead atoms. The third kappa shape index (κ3) is 3.83. The molecule has 1 heterocycles. The lowest BCUT2D eigenvalue weighted by molar-refractivity contribution is -0.141. The molecule has 1 N–H and O–H groups in total. The van der Waals surface area contributed by atoms with Gasteiger partial charge in [0.05, 0.1) is 6.10 Å². The van der Waals surface area contributed by atoms with E-state index in [1.165, 1.54) is 4.90 Å². The molecule has 0 aromatic heterocycles. The van der Waals surface area contributed by atoms with Crippen molar-refractivity contribution < 1.29 is 19.4 Å². The Morgan fingerprint density at radius 1 is 1.32 bits per heavy atom. The SMILES string of the molecule is CCCN(CCC)C(=O)N1CC(OC)CC1C(=O)O. The molecule has 2 unspecified atom stereocenters. The topological polar surface area (TPSA) is 70.1 Å². The number of carbonyl (C=O) groups excluding carboxylic acids is 1. The second-order valence-corrected chi connectivity index (χ2v) is 4.87. The number of likely N-dealkylation sites (tertiary alicyclic amines) is 1. The molecular formula is C13H24N2O4. The fourth-order valence-corrected chi connectivity index (χ4v) is 2.44. The van der Waals surface area contributed by atoms with E-state index in [1.54, 1.807) is 12.0 Å². The van der Waals surface area contributed by atoms with Crippen LogP contribution in [0.5, 0.6) is 0 Å². The second kappa shape index (κ2) is 7.33. The van der Waals surface area contributed by atoms with Gasteiger partial charge in [-0.3, -0.25) is 0 Å². The van der Waals surface area contributed by atoms with Crippen molar-refractivity contribution in [2.24, 2.45) is 0 Å². The number of amides is 2. The number of nitrogens with zero attached hydrogens (tertiary/aromatic N) is 2. The Kier molecular flexibility index (Phi) is 6.08. The Morgan fingerprint density at radius 2 is 1.89 bits per heavy atom. The quantitative estimate of drug-likeness (QED) is 0.793. The lowest BCUT2D eigenvalue weighted by Gasteiger charge is -2.29. The van der Waals surface area contributed by atoms with Gasteiger partial charge in [0.25, 0.3) is 0 Å². The van der Waals surface area contributed by atoms with Gasteiger partial charge >= 0.3 is 12.0 Å². The molecule has 0 aliphatic carbocycles. The van der Waals surface area contributed by atoms with Crippen molar-refractivity contribution in [2.45, 2.75) is 45.3 Å². The van der Waals surface area contributed by atoms with Gasteiger partial charge in [-0.1, -0.05) is 13.8 Å². The van der Waals surface area contributed by atoms with Crippen LogP contribution in [-0.4, -0.2) is 65.8 Å². The van der Waals surface area contributed by atoms with Gasteiger partial charge in [0.1, 0.15) is 6.04 Å². The van der Waals surface area contributed by atoms with E-state index in [9.17, 15) is 14.7 Å². The molecule has 6 heteroatoms. The van der Waals surface area contributed by atoms with Crippen molar-refractivity contribution in [1.82, 2.24) is 9.80 Å². The van der Waals surface area contributed by atoms with Gasteiger partial charge in [0.15, 0.2) is 0 Å². The van der Waals surface area contributed by atoms with Gasteiger partial charge in [-0.2, -0.15) is 0 Å². The number of hydrogen-bond donors (Lipinski definition) is 1. The molecule has 110 valence electrons. The Hall–Kier alpha value is -1.30. The molecule has 2 atom stereocenters. The molecule has 1 rings (SSSR count). The summed E-state index contributed by atoms with van der Waals surface area (Å²) in [5.74, 6) is -0.958. The molecule has 0 aromatic rings. The predicted octanol–water partition coefficient (Wildman–Crippen LogP) is 1.40. The summed E-state index contributed by atoms with van der Waals surface area (Å²) in [6.07, 6.45) is 1.91. The number of methoxy groups -OCH3 is 1. The maximum atomic E-state index is 12.4. The zero-order chi connectivity index (χ0) is 14.4. The summed E-state index contributed by atoms with van der Waals surface area (Å²) in [7, 11) is 1.55. The van der Waals surface area contributed by atoms with Crippen LogP contribution in [0.3, 0.4) is 0 Å². The van der Waals surface area contributed by atoms with E-state index >= 15 is 0 Å². The van der Waals surface area contributed by atoms with Crippen LogP contribution in [0.2, 0.25) is 0 Å². The molecule has 1 saturated heterocycles. The molecular weight excluding hydrogens is 248 g/mol. The average Bonchev–Trinajstić information content (AvgIpc) is 2.82. The largest absolute Gasteiger partial charge is 0.480 e. The van der Waals surface area contributed by atoms with Crippen molar-refractivity contribution in [3.05, 3.63) is 0 Å². The summed E-state index contributed by atoms with van der Waals surface area (Å²) in [5.41, 5.74) is 0. The average molecular weight is 272 g/mol. The van der Waals surface area contributed by atoms with Crippen molar-refractivity contribution in [3.8, 4) is 0 Å². The summed E-state index contributed by atoms with van der Waals surface area (Å²) in [5, 5.41) is 9.22. The Morgan fingerprint density at radius 3 is 2.32 bits per heavy atom. The number of ether oxygens (including phenoxy) is 1. The van der Waals surface area contributed by atoms with Gasteiger partial charge in [-0.15, -0.1) is 0 Å². The first kappa shape index (κ1) is 15.8. The molecule has 1 fully saturated rings. The monoisotopic (exact) mass is 272 g/mol. The highest BCUT2D eigenvalue weighted by Gasteiger charge is 2.41. The summed E-state index contributed by atoms with van der Waals surface area (Å²) in [6.45, 7) is 5.69. The maximum Gasteiger partial charge on any atom is 0.326 e. The Bertz CT molecular complexity index is 316. The predicted molar refractivity (Wildman–Crippen MR) is 71.1 cm³/mol. The van der Waals surface area contributed by atoms with Crippen molar-refractivity contribution in [1.29, 1.82) is 0 Å². The highest BCUT2D eigenvalue weighted by molar-refractivity contribution is 5.83. The molecule has 0 radical (unpaired) electrons. The van der Waals surface area contributed by atoms with Gasteiger partial charge in [-0.25, -0.2) is 9.59 Å². The molecule has 19 heavy (non-hydrogen) atoms. The molecule has 1 aliphatic rings. The fourth-order valence-electron chi connectivity index (χ4n) is 2.44. The number of carbonyl (C=O) groups is 2. The van der Waals surface area contributed by atoms with Crippen LogP contribution in [0.1, 0.15) is 33.1 Å².